The maximum Gasteiger partial charge on any atom is 0.127 e. The largest absolute Gasteiger partial charge is 0.497 e. The molecule has 0 amide bonds. The molecule has 0 saturated carbocycles. The third-order valence-corrected chi connectivity index (χ3v) is 2.74. The average molecular weight is 253 g/mol. The molecule has 4 nitrogen and oxygen atoms in total. The smallest absolute Gasteiger partial charge is 0.127 e. The van der Waals surface area contributed by atoms with Gasteiger partial charge in [0.1, 0.15) is 18.1 Å². The highest BCUT2D eigenvalue weighted by Crippen LogP contribution is 2.29. The molecule has 0 aliphatic heterocycles. The number of methoxy groups -OCH3 is 1. The van der Waals surface area contributed by atoms with Gasteiger partial charge < -0.3 is 19.9 Å². The fourth-order valence-corrected chi connectivity index (χ4v) is 1.75. The second-order valence-electron chi connectivity index (χ2n) is 4.15. The SMILES string of the molecule is CCCNC(C)c1ccc(OC)cc1OCCO. The van der Waals surface area contributed by atoms with Gasteiger partial charge in [0.15, 0.2) is 0 Å². The summed E-state index contributed by atoms with van der Waals surface area (Å²) in [6.45, 7) is 5.50. The highest BCUT2D eigenvalue weighted by molar-refractivity contribution is 5.42. The highest BCUT2D eigenvalue weighted by atomic mass is 16.5. The molecule has 1 rings (SSSR count). The Morgan fingerprint density at radius 1 is 1.39 bits per heavy atom. The Morgan fingerprint density at radius 2 is 2.17 bits per heavy atom. The lowest BCUT2D eigenvalue weighted by Gasteiger charge is -2.18. The normalized spacial score (nSPS) is 12.2. The Balaban J connectivity index is 2.86. The fraction of sp³-hybridized carbons (Fsp3) is 0.571. The summed E-state index contributed by atoms with van der Waals surface area (Å²) in [5.74, 6) is 1.52. The Bertz CT molecular complexity index is 355. The summed E-state index contributed by atoms with van der Waals surface area (Å²) < 4.78 is 10.7. The van der Waals surface area contributed by atoms with Crippen molar-refractivity contribution >= 4 is 0 Å². The van der Waals surface area contributed by atoms with E-state index in [1.807, 2.05) is 18.2 Å². The van der Waals surface area contributed by atoms with E-state index in [0.29, 0.717) is 6.61 Å². The van der Waals surface area contributed by atoms with Gasteiger partial charge in [-0.1, -0.05) is 13.0 Å². The fourth-order valence-electron chi connectivity index (χ4n) is 1.75. The van der Waals surface area contributed by atoms with Crippen molar-refractivity contribution < 1.29 is 14.6 Å². The van der Waals surface area contributed by atoms with Gasteiger partial charge in [0.05, 0.1) is 13.7 Å². The maximum absolute atomic E-state index is 8.85. The average Bonchev–Trinajstić information content (AvgIpc) is 2.42. The zero-order chi connectivity index (χ0) is 13.4. The molecule has 0 radical (unpaired) electrons. The van der Waals surface area contributed by atoms with Crippen LogP contribution in [-0.2, 0) is 0 Å². The minimum atomic E-state index is 0.00736. The van der Waals surface area contributed by atoms with Gasteiger partial charge in [-0.25, -0.2) is 0 Å². The number of hydrogen-bond donors (Lipinski definition) is 2. The van der Waals surface area contributed by atoms with E-state index in [4.69, 9.17) is 14.6 Å². The first-order valence-corrected chi connectivity index (χ1v) is 6.37. The van der Waals surface area contributed by atoms with Crippen LogP contribution in [0.1, 0.15) is 31.9 Å². The van der Waals surface area contributed by atoms with Crippen LogP contribution in [0.4, 0.5) is 0 Å². The van der Waals surface area contributed by atoms with Crippen LogP contribution in [-0.4, -0.2) is 32.0 Å². The number of ether oxygens (including phenoxy) is 2. The van der Waals surface area contributed by atoms with Gasteiger partial charge in [0.25, 0.3) is 0 Å². The number of aliphatic hydroxyl groups is 1. The van der Waals surface area contributed by atoms with E-state index in [0.717, 1.165) is 30.0 Å². The summed E-state index contributed by atoms with van der Waals surface area (Å²) in [6.07, 6.45) is 1.09. The molecule has 1 atom stereocenters. The van der Waals surface area contributed by atoms with Crippen LogP contribution >= 0.6 is 0 Å². The van der Waals surface area contributed by atoms with Crippen LogP contribution in [0.3, 0.4) is 0 Å². The molecule has 1 aromatic rings. The molecule has 102 valence electrons. The number of benzene rings is 1. The van der Waals surface area contributed by atoms with Crippen LogP contribution in [0.25, 0.3) is 0 Å². The number of nitrogens with one attached hydrogen (secondary N) is 1. The summed E-state index contributed by atoms with van der Waals surface area (Å²) in [5.41, 5.74) is 1.08. The lowest BCUT2D eigenvalue weighted by atomic mass is 10.1. The summed E-state index contributed by atoms with van der Waals surface area (Å²) in [7, 11) is 1.63. The standard InChI is InChI=1S/C14H23NO3/c1-4-7-15-11(2)13-6-5-12(17-3)10-14(13)18-9-8-16/h5-6,10-11,15-16H,4,7-9H2,1-3H3. The maximum atomic E-state index is 8.85. The summed E-state index contributed by atoms with van der Waals surface area (Å²) in [4.78, 5) is 0. The van der Waals surface area contributed by atoms with Gasteiger partial charge in [0.2, 0.25) is 0 Å². The molecule has 0 fully saturated rings. The zero-order valence-electron chi connectivity index (χ0n) is 11.4. The van der Waals surface area contributed by atoms with Crippen LogP contribution in [0.5, 0.6) is 11.5 Å². The third-order valence-electron chi connectivity index (χ3n) is 2.74. The number of rotatable bonds is 8. The van der Waals surface area contributed by atoms with Crippen molar-refractivity contribution in [3.63, 3.8) is 0 Å². The molecule has 1 unspecified atom stereocenters. The van der Waals surface area contributed by atoms with E-state index < -0.39 is 0 Å². The molecule has 0 heterocycles. The van der Waals surface area contributed by atoms with Crippen molar-refractivity contribution in [1.82, 2.24) is 5.32 Å². The van der Waals surface area contributed by atoms with Crippen LogP contribution in [0.2, 0.25) is 0 Å². The van der Waals surface area contributed by atoms with Crippen molar-refractivity contribution in [3.05, 3.63) is 23.8 Å². The van der Waals surface area contributed by atoms with E-state index >= 15 is 0 Å². The molecule has 0 spiro atoms. The van der Waals surface area contributed by atoms with E-state index in [1.165, 1.54) is 0 Å². The molecule has 0 aliphatic carbocycles. The molecule has 1 aromatic carbocycles. The first kappa shape index (κ1) is 14.8. The van der Waals surface area contributed by atoms with Crippen molar-refractivity contribution in [1.29, 1.82) is 0 Å². The topological polar surface area (TPSA) is 50.7 Å². The van der Waals surface area contributed by atoms with Gasteiger partial charge >= 0.3 is 0 Å². The van der Waals surface area contributed by atoms with Crippen molar-refractivity contribution in [3.8, 4) is 11.5 Å². The van der Waals surface area contributed by atoms with Crippen molar-refractivity contribution in [2.45, 2.75) is 26.3 Å². The third kappa shape index (κ3) is 4.20. The van der Waals surface area contributed by atoms with E-state index in [2.05, 4.69) is 19.2 Å². The summed E-state index contributed by atoms with van der Waals surface area (Å²) in [5, 5.41) is 12.3. The minimum Gasteiger partial charge on any atom is -0.497 e. The molecular formula is C14H23NO3. The van der Waals surface area contributed by atoms with Crippen LogP contribution in [0.15, 0.2) is 18.2 Å². The molecule has 18 heavy (non-hydrogen) atoms. The second-order valence-corrected chi connectivity index (χ2v) is 4.15. The molecule has 0 aliphatic rings. The minimum absolute atomic E-state index is 0.00736. The first-order valence-electron chi connectivity index (χ1n) is 6.37. The lowest BCUT2D eigenvalue weighted by Crippen LogP contribution is -2.20. The summed E-state index contributed by atoms with van der Waals surface area (Å²) in [6, 6.07) is 5.99. The van der Waals surface area contributed by atoms with E-state index in [9.17, 15) is 0 Å². The van der Waals surface area contributed by atoms with Crippen molar-refractivity contribution in [2.24, 2.45) is 0 Å². The van der Waals surface area contributed by atoms with E-state index in [1.54, 1.807) is 7.11 Å². The predicted octanol–water partition coefficient (Wildman–Crippen LogP) is 2.13. The van der Waals surface area contributed by atoms with E-state index in [-0.39, 0.29) is 12.6 Å². The molecule has 0 bridgehead atoms. The number of aliphatic hydroxyl groups excluding tert-OH is 1. The van der Waals surface area contributed by atoms with Crippen LogP contribution in [0, 0.1) is 0 Å². The molecule has 2 N–H and O–H groups in total. The van der Waals surface area contributed by atoms with Crippen LogP contribution < -0.4 is 14.8 Å². The first-order chi connectivity index (χ1) is 8.72. The Morgan fingerprint density at radius 3 is 2.78 bits per heavy atom. The van der Waals surface area contributed by atoms with Gasteiger partial charge in [0, 0.05) is 17.7 Å². The van der Waals surface area contributed by atoms with Gasteiger partial charge in [-0.2, -0.15) is 0 Å². The zero-order valence-corrected chi connectivity index (χ0v) is 11.4. The monoisotopic (exact) mass is 253 g/mol. The lowest BCUT2D eigenvalue weighted by molar-refractivity contribution is 0.199. The number of hydrogen-bond acceptors (Lipinski definition) is 4. The Labute approximate surface area is 109 Å². The molecule has 0 aromatic heterocycles. The molecule has 4 heteroatoms. The van der Waals surface area contributed by atoms with Crippen molar-refractivity contribution in [2.75, 3.05) is 26.9 Å². The quantitative estimate of drug-likeness (QED) is 0.745. The predicted molar refractivity (Wildman–Crippen MR) is 72.3 cm³/mol. The Hall–Kier alpha value is -1.26. The Kier molecular flexibility index (Phi) is 6.54. The highest BCUT2D eigenvalue weighted by Gasteiger charge is 2.12. The molecule has 0 saturated heterocycles. The molecular weight excluding hydrogens is 230 g/mol. The second kappa shape index (κ2) is 7.95. The van der Waals surface area contributed by atoms with Gasteiger partial charge in [-0.05, 0) is 26.0 Å². The van der Waals surface area contributed by atoms with Gasteiger partial charge in [-0.3, -0.25) is 0 Å². The van der Waals surface area contributed by atoms with Gasteiger partial charge in [-0.15, -0.1) is 0 Å². The summed E-state index contributed by atoms with van der Waals surface area (Å²) >= 11 is 0.